The smallest absolute Gasteiger partial charge is 0.127 e. The molecule has 0 aliphatic heterocycles. The van der Waals surface area contributed by atoms with E-state index in [-0.39, 0.29) is 0 Å². The number of nitrogens with two attached hydrogens (primary N) is 1. The number of hydrogen-bond acceptors (Lipinski definition) is 1. The molecule has 0 saturated carbocycles. The highest BCUT2D eigenvalue weighted by Crippen LogP contribution is 2.18. The van der Waals surface area contributed by atoms with Crippen LogP contribution in [0.4, 0.5) is 0 Å². The Kier molecular flexibility index (Phi) is 4.17. The van der Waals surface area contributed by atoms with Gasteiger partial charge in [0.1, 0.15) is 18.8 Å². The third-order valence-electron chi connectivity index (χ3n) is 3.80. The number of ether oxygens (including phenoxy) is 1. The Morgan fingerprint density at radius 2 is 1.43 bits per heavy atom. The number of methoxy groups -OCH3 is 1. The number of rotatable bonds is 5. The van der Waals surface area contributed by atoms with Gasteiger partial charge in [0.25, 0.3) is 0 Å². The summed E-state index contributed by atoms with van der Waals surface area (Å²) < 4.78 is 5.40. The Morgan fingerprint density at radius 3 is 2.33 bits per heavy atom. The van der Waals surface area contributed by atoms with Crippen molar-refractivity contribution in [3.05, 3.63) is 77.9 Å². The molecule has 0 heterocycles. The van der Waals surface area contributed by atoms with Crippen LogP contribution in [-0.4, -0.2) is 7.11 Å². The molecule has 0 amide bonds. The number of benzene rings is 3. The van der Waals surface area contributed by atoms with Crippen LogP contribution in [0.3, 0.4) is 0 Å². The fourth-order valence-corrected chi connectivity index (χ4v) is 2.73. The average Bonchev–Trinajstić information content (AvgIpc) is 2.55. The molecule has 0 fully saturated rings. The van der Waals surface area contributed by atoms with Crippen LogP contribution >= 0.6 is 0 Å². The zero-order chi connectivity index (χ0) is 14.5. The van der Waals surface area contributed by atoms with Gasteiger partial charge >= 0.3 is 0 Å². The molecule has 0 spiro atoms. The van der Waals surface area contributed by atoms with E-state index >= 15 is 0 Å². The number of fused-ring (bicyclic) bond motifs is 1. The Bertz CT molecular complexity index is 731. The molecule has 106 valence electrons. The molecule has 0 bridgehead atoms. The van der Waals surface area contributed by atoms with Crippen molar-refractivity contribution < 1.29 is 10.1 Å². The highest BCUT2D eigenvalue weighted by atomic mass is 16.5. The highest BCUT2D eigenvalue weighted by Gasteiger charge is 2.05. The summed E-state index contributed by atoms with van der Waals surface area (Å²) in [5.74, 6) is 0.965. The summed E-state index contributed by atoms with van der Waals surface area (Å²) in [6.45, 7) is 1.90. The number of quaternary nitrogens is 1. The Hall–Kier alpha value is -2.32. The number of para-hydroxylation sites is 1. The van der Waals surface area contributed by atoms with E-state index in [1.165, 1.54) is 21.9 Å². The van der Waals surface area contributed by atoms with Crippen LogP contribution < -0.4 is 10.1 Å². The lowest BCUT2D eigenvalue weighted by Gasteiger charge is -2.08. The van der Waals surface area contributed by atoms with Gasteiger partial charge in [-0.15, -0.1) is 0 Å². The van der Waals surface area contributed by atoms with Gasteiger partial charge in [0.15, 0.2) is 0 Å². The lowest BCUT2D eigenvalue weighted by molar-refractivity contribution is -0.686. The van der Waals surface area contributed by atoms with E-state index in [0.29, 0.717) is 0 Å². The van der Waals surface area contributed by atoms with Crippen molar-refractivity contribution >= 4 is 10.8 Å². The molecule has 0 aliphatic carbocycles. The van der Waals surface area contributed by atoms with Gasteiger partial charge in [0, 0.05) is 11.1 Å². The molecule has 21 heavy (non-hydrogen) atoms. The first kappa shape index (κ1) is 13.7. The van der Waals surface area contributed by atoms with E-state index in [2.05, 4.69) is 59.9 Å². The molecule has 2 heteroatoms. The van der Waals surface area contributed by atoms with Crippen LogP contribution in [0.2, 0.25) is 0 Å². The molecule has 3 aromatic carbocycles. The maximum absolute atomic E-state index is 5.40. The lowest BCUT2D eigenvalue weighted by Crippen LogP contribution is -2.80. The topological polar surface area (TPSA) is 25.8 Å². The minimum absolute atomic E-state index is 0.924. The normalized spacial score (nSPS) is 10.7. The molecule has 2 N–H and O–H groups in total. The Labute approximate surface area is 125 Å². The molecule has 3 rings (SSSR count). The fraction of sp³-hybridized carbons (Fsp3) is 0.158. The van der Waals surface area contributed by atoms with Crippen LogP contribution in [0.15, 0.2) is 66.7 Å². The van der Waals surface area contributed by atoms with Crippen molar-refractivity contribution in [3.63, 3.8) is 0 Å². The van der Waals surface area contributed by atoms with Crippen molar-refractivity contribution in [1.29, 1.82) is 0 Å². The summed E-state index contributed by atoms with van der Waals surface area (Å²) in [4.78, 5) is 0. The van der Waals surface area contributed by atoms with Crippen LogP contribution in [0.5, 0.6) is 5.75 Å². The van der Waals surface area contributed by atoms with Gasteiger partial charge in [-0.25, -0.2) is 0 Å². The summed E-state index contributed by atoms with van der Waals surface area (Å²) in [5, 5.41) is 4.97. The monoisotopic (exact) mass is 278 g/mol. The second-order valence-corrected chi connectivity index (χ2v) is 5.15. The molecule has 0 unspecified atom stereocenters. The Balaban J connectivity index is 1.72. The van der Waals surface area contributed by atoms with Crippen LogP contribution in [-0.2, 0) is 13.1 Å². The zero-order valence-electron chi connectivity index (χ0n) is 12.3. The summed E-state index contributed by atoms with van der Waals surface area (Å²) in [5.41, 5.74) is 2.61. The van der Waals surface area contributed by atoms with E-state index in [4.69, 9.17) is 4.74 Å². The van der Waals surface area contributed by atoms with Crippen molar-refractivity contribution in [2.45, 2.75) is 13.1 Å². The molecular formula is C19H20NO+. The summed E-state index contributed by atoms with van der Waals surface area (Å²) in [6.07, 6.45) is 0. The van der Waals surface area contributed by atoms with Crippen LogP contribution in [0.25, 0.3) is 10.8 Å². The van der Waals surface area contributed by atoms with E-state index in [1.54, 1.807) is 7.11 Å². The summed E-state index contributed by atoms with van der Waals surface area (Å²) >= 11 is 0. The molecule has 0 aromatic heterocycles. The van der Waals surface area contributed by atoms with Crippen LogP contribution in [0, 0.1) is 0 Å². The van der Waals surface area contributed by atoms with E-state index < -0.39 is 0 Å². The molecular weight excluding hydrogens is 258 g/mol. The van der Waals surface area contributed by atoms with Gasteiger partial charge in [0.05, 0.1) is 7.11 Å². The first-order valence-corrected chi connectivity index (χ1v) is 7.28. The standard InChI is InChI=1S/C19H19NO/c1-21-19-12-5-3-8-17(19)14-20-13-16-10-6-9-15-7-2-4-11-18(15)16/h2-12,20H,13-14H2,1H3/p+1. The van der Waals surface area contributed by atoms with Crippen molar-refractivity contribution in [2.75, 3.05) is 7.11 Å². The van der Waals surface area contributed by atoms with Gasteiger partial charge in [-0.2, -0.15) is 0 Å². The van der Waals surface area contributed by atoms with E-state index in [1.807, 2.05) is 12.1 Å². The van der Waals surface area contributed by atoms with Gasteiger partial charge in [-0.05, 0) is 22.9 Å². The first-order chi connectivity index (χ1) is 10.4. The maximum atomic E-state index is 5.40. The predicted molar refractivity (Wildman–Crippen MR) is 86.3 cm³/mol. The third kappa shape index (κ3) is 3.06. The molecule has 2 nitrogen and oxygen atoms in total. The molecule has 0 radical (unpaired) electrons. The predicted octanol–water partition coefficient (Wildman–Crippen LogP) is 3.11. The second-order valence-electron chi connectivity index (χ2n) is 5.15. The summed E-state index contributed by atoms with van der Waals surface area (Å²) in [6, 6.07) is 23.3. The average molecular weight is 278 g/mol. The number of hydrogen-bond donors (Lipinski definition) is 1. The minimum atomic E-state index is 0.924. The third-order valence-corrected chi connectivity index (χ3v) is 3.80. The molecule has 0 saturated heterocycles. The highest BCUT2D eigenvalue weighted by molar-refractivity contribution is 5.85. The largest absolute Gasteiger partial charge is 0.496 e. The van der Waals surface area contributed by atoms with E-state index in [0.717, 1.165) is 18.8 Å². The van der Waals surface area contributed by atoms with Crippen molar-refractivity contribution in [1.82, 2.24) is 0 Å². The van der Waals surface area contributed by atoms with Gasteiger partial charge in [0.2, 0.25) is 0 Å². The van der Waals surface area contributed by atoms with Crippen molar-refractivity contribution in [3.8, 4) is 5.75 Å². The minimum Gasteiger partial charge on any atom is -0.496 e. The van der Waals surface area contributed by atoms with Gasteiger partial charge < -0.3 is 10.1 Å². The van der Waals surface area contributed by atoms with E-state index in [9.17, 15) is 0 Å². The Morgan fingerprint density at radius 1 is 0.762 bits per heavy atom. The zero-order valence-corrected chi connectivity index (χ0v) is 12.3. The second kappa shape index (κ2) is 6.42. The maximum Gasteiger partial charge on any atom is 0.127 e. The lowest BCUT2D eigenvalue weighted by atomic mass is 10.0. The quantitative estimate of drug-likeness (QED) is 0.762. The molecule has 0 aliphatic rings. The van der Waals surface area contributed by atoms with Gasteiger partial charge in [-0.3, -0.25) is 0 Å². The molecule has 3 aromatic rings. The van der Waals surface area contributed by atoms with Gasteiger partial charge in [-0.1, -0.05) is 54.6 Å². The van der Waals surface area contributed by atoms with Crippen molar-refractivity contribution in [2.24, 2.45) is 0 Å². The fourth-order valence-electron chi connectivity index (χ4n) is 2.73. The van der Waals surface area contributed by atoms with Crippen LogP contribution in [0.1, 0.15) is 11.1 Å². The summed E-state index contributed by atoms with van der Waals surface area (Å²) in [7, 11) is 1.73. The first-order valence-electron chi connectivity index (χ1n) is 7.28. The molecule has 0 atom stereocenters. The SMILES string of the molecule is COc1ccccc1C[NH2+]Cc1cccc2ccccc12.